The van der Waals surface area contributed by atoms with E-state index in [1.807, 2.05) is 6.92 Å². The molecule has 0 aliphatic carbocycles. The molecule has 8 heteroatoms. The van der Waals surface area contributed by atoms with Gasteiger partial charge in [-0.3, -0.25) is 9.48 Å². The van der Waals surface area contributed by atoms with E-state index >= 15 is 0 Å². The Kier molecular flexibility index (Phi) is 3.68. The highest BCUT2D eigenvalue weighted by Crippen LogP contribution is 2.15. The minimum atomic E-state index is -0.245. The van der Waals surface area contributed by atoms with Crippen molar-refractivity contribution < 1.29 is 4.79 Å². The summed E-state index contributed by atoms with van der Waals surface area (Å²) in [6.07, 6.45) is 1.58. The van der Waals surface area contributed by atoms with Crippen LogP contribution >= 0.6 is 11.3 Å². The van der Waals surface area contributed by atoms with Crippen molar-refractivity contribution in [3.8, 4) is 0 Å². The Hall–Kier alpha value is -1.80. The lowest BCUT2D eigenvalue weighted by atomic mass is 10.4. The minimum Gasteiger partial charge on any atom is -0.343 e. The topological polar surface area (TPSA) is 98.7 Å². The smallest absolute Gasteiger partial charge is 0.271 e. The third-order valence-electron chi connectivity index (χ3n) is 2.20. The zero-order valence-corrected chi connectivity index (χ0v) is 10.9. The van der Waals surface area contributed by atoms with Crippen LogP contribution in [0.25, 0.3) is 0 Å². The number of carbonyl (C=O) groups excluding carboxylic acids is 1. The average Bonchev–Trinajstić information content (AvgIpc) is 2.94. The van der Waals surface area contributed by atoms with E-state index in [9.17, 15) is 4.79 Å². The molecular weight excluding hydrogens is 252 g/mol. The number of nitrogens with one attached hydrogen (secondary N) is 1. The molecule has 2 rings (SSSR count). The fraction of sp³-hybridized carbons (Fsp3) is 0.400. The molecule has 2 heterocycles. The lowest BCUT2D eigenvalue weighted by Gasteiger charge is -2.00. The quantitative estimate of drug-likeness (QED) is 0.825. The summed E-state index contributed by atoms with van der Waals surface area (Å²) < 4.78 is 1.58. The maximum Gasteiger partial charge on any atom is 0.271 e. The van der Waals surface area contributed by atoms with Gasteiger partial charge in [-0.1, -0.05) is 0 Å². The van der Waals surface area contributed by atoms with Crippen molar-refractivity contribution >= 4 is 17.2 Å². The summed E-state index contributed by atoms with van der Waals surface area (Å²) in [6, 6.07) is -0.158. The summed E-state index contributed by atoms with van der Waals surface area (Å²) in [5.41, 5.74) is 6.07. The molecule has 7 nitrogen and oxygen atoms in total. The molecule has 3 N–H and O–H groups in total. The first kappa shape index (κ1) is 12.7. The third-order valence-corrected chi connectivity index (χ3v) is 3.24. The molecule has 0 radical (unpaired) electrons. The molecule has 0 spiro atoms. The van der Waals surface area contributed by atoms with Crippen molar-refractivity contribution in [3.05, 3.63) is 28.2 Å². The van der Waals surface area contributed by atoms with Crippen molar-refractivity contribution in [2.45, 2.75) is 19.5 Å². The van der Waals surface area contributed by atoms with Gasteiger partial charge in [-0.15, -0.1) is 11.3 Å². The van der Waals surface area contributed by atoms with Crippen molar-refractivity contribution in [1.29, 1.82) is 0 Å². The first-order valence-electron chi connectivity index (χ1n) is 5.40. The lowest BCUT2D eigenvalue weighted by Crippen LogP contribution is -2.24. The Bertz CT molecular complexity index is 546. The van der Waals surface area contributed by atoms with Crippen LogP contribution in [0, 0.1) is 0 Å². The van der Waals surface area contributed by atoms with Crippen LogP contribution in [0.4, 0.5) is 0 Å². The fourth-order valence-electron chi connectivity index (χ4n) is 1.32. The molecule has 0 bridgehead atoms. The monoisotopic (exact) mass is 266 g/mol. The predicted octanol–water partition coefficient (Wildman–Crippen LogP) is 0.221. The third kappa shape index (κ3) is 2.90. The van der Waals surface area contributed by atoms with Gasteiger partial charge in [0.15, 0.2) is 5.82 Å². The van der Waals surface area contributed by atoms with E-state index in [2.05, 4.69) is 20.4 Å². The second-order valence-electron chi connectivity index (χ2n) is 3.88. The van der Waals surface area contributed by atoms with Gasteiger partial charge in [-0.25, -0.2) is 9.97 Å². The summed E-state index contributed by atoms with van der Waals surface area (Å²) in [7, 11) is 1.77. The summed E-state index contributed by atoms with van der Waals surface area (Å²) >= 11 is 1.38. The Morgan fingerprint density at radius 2 is 2.44 bits per heavy atom. The van der Waals surface area contributed by atoms with Gasteiger partial charge >= 0.3 is 0 Å². The van der Waals surface area contributed by atoms with E-state index < -0.39 is 0 Å². The molecule has 0 fully saturated rings. The Morgan fingerprint density at radius 1 is 1.67 bits per heavy atom. The molecule has 0 aliphatic heterocycles. The van der Waals surface area contributed by atoms with E-state index in [0.717, 1.165) is 5.01 Å². The normalized spacial score (nSPS) is 12.4. The van der Waals surface area contributed by atoms with Gasteiger partial charge in [0, 0.05) is 12.4 Å². The van der Waals surface area contributed by atoms with Crippen molar-refractivity contribution in [2.75, 3.05) is 0 Å². The molecule has 0 saturated heterocycles. The molecule has 2 aromatic heterocycles. The molecule has 18 heavy (non-hydrogen) atoms. The highest BCUT2D eigenvalue weighted by molar-refractivity contribution is 7.09. The number of hydrogen-bond donors (Lipinski definition) is 2. The van der Waals surface area contributed by atoms with Crippen LogP contribution in [0.5, 0.6) is 0 Å². The first-order valence-corrected chi connectivity index (χ1v) is 6.28. The Labute approximate surface area is 108 Å². The number of carbonyl (C=O) groups is 1. The molecule has 1 atom stereocenters. The van der Waals surface area contributed by atoms with Gasteiger partial charge in [0.25, 0.3) is 5.91 Å². The van der Waals surface area contributed by atoms with Gasteiger partial charge < -0.3 is 11.1 Å². The van der Waals surface area contributed by atoms with Crippen molar-refractivity contribution in [2.24, 2.45) is 12.8 Å². The zero-order chi connectivity index (χ0) is 13.1. The van der Waals surface area contributed by atoms with E-state index in [-0.39, 0.29) is 18.5 Å². The number of nitrogens with two attached hydrogens (primary N) is 1. The average molecular weight is 266 g/mol. The number of rotatable bonds is 4. The van der Waals surface area contributed by atoms with E-state index in [0.29, 0.717) is 11.5 Å². The van der Waals surface area contributed by atoms with Crippen LogP contribution in [0.3, 0.4) is 0 Å². The highest BCUT2D eigenvalue weighted by atomic mass is 32.1. The van der Waals surface area contributed by atoms with E-state index in [4.69, 9.17) is 5.73 Å². The van der Waals surface area contributed by atoms with Gasteiger partial charge in [0.1, 0.15) is 17.0 Å². The molecule has 2 aromatic rings. The highest BCUT2D eigenvalue weighted by Gasteiger charge is 2.12. The molecule has 1 unspecified atom stereocenters. The summed E-state index contributed by atoms with van der Waals surface area (Å²) in [5, 5.41) is 9.21. The second kappa shape index (κ2) is 5.23. The second-order valence-corrected chi connectivity index (χ2v) is 4.77. The van der Waals surface area contributed by atoms with Gasteiger partial charge in [-0.2, -0.15) is 5.10 Å². The minimum absolute atomic E-state index is 0.158. The van der Waals surface area contributed by atoms with Crippen LogP contribution in [0.2, 0.25) is 0 Å². The fourth-order valence-corrected chi connectivity index (χ4v) is 2.07. The SMILES string of the molecule is CC(N)c1nc(C(=O)NCc2ncn(C)n2)cs1. The maximum atomic E-state index is 11.8. The van der Waals surface area contributed by atoms with Crippen LogP contribution in [0.15, 0.2) is 11.7 Å². The number of aromatic nitrogens is 4. The Morgan fingerprint density at radius 3 is 3.00 bits per heavy atom. The molecule has 0 aromatic carbocycles. The summed E-state index contributed by atoms with van der Waals surface area (Å²) in [5.74, 6) is 0.319. The molecule has 1 amide bonds. The largest absolute Gasteiger partial charge is 0.343 e. The van der Waals surface area contributed by atoms with Gasteiger partial charge in [0.05, 0.1) is 12.6 Å². The molecule has 0 aliphatic rings. The number of hydrogen-bond acceptors (Lipinski definition) is 6. The number of nitrogens with zero attached hydrogens (tertiary/aromatic N) is 4. The number of amides is 1. The van der Waals surface area contributed by atoms with Crippen LogP contribution in [0.1, 0.15) is 34.3 Å². The van der Waals surface area contributed by atoms with Crippen LogP contribution < -0.4 is 11.1 Å². The Balaban J connectivity index is 1.95. The van der Waals surface area contributed by atoms with Gasteiger partial charge in [0.2, 0.25) is 0 Å². The van der Waals surface area contributed by atoms with Crippen LogP contribution in [-0.4, -0.2) is 25.7 Å². The van der Waals surface area contributed by atoms with Crippen molar-refractivity contribution in [3.63, 3.8) is 0 Å². The van der Waals surface area contributed by atoms with Crippen molar-refractivity contribution in [1.82, 2.24) is 25.1 Å². The van der Waals surface area contributed by atoms with Crippen LogP contribution in [-0.2, 0) is 13.6 Å². The molecule has 96 valence electrons. The molecule has 0 saturated carbocycles. The standard InChI is InChI=1S/C10H14N6OS/c1-6(11)10-14-7(4-18-10)9(17)12-3-8-13-5-16(2)15-8/h4-6H,3,11H2,1-2H3,(H,12,17). The lowest BCUT2D eigenvalue weighted by molar-refractivity contribution is 0.0945. The maximum absolute atomic E-state index is 11.8. The van der Waals surface area contributed by atoms with E-state index in [1.165, 1.54) is 11.3 Å². The van der Waals surface area contributed by atoms with E-state index in [1.54, 1.807) is 23.4 Å². The zero-order valence-electron chi connectivity index (χ0n) is 10.1. The summed E-state index contributed by atoms with van der Waals surface area (Å²) in [4.78, 5) is 20.0. The number of aryl methyl sites for hydroxylation is 1. The number of thiazole rings is 1. The first-order chi connectivity index (χ1) is 8.56. The molecular formula is C10H14N6OS. The predicted molar refractivity (Wildman–Crippen MR) is 66.9 cm³/mol. The van der Waals surface area contributed by atoms with Gasteiger partial charge in [-0.05, 0) is 6.92 Å². The summed E-state index contributed by atoms with van der Waals surface area (Å²) in [6.45, 7) is 2.11.